The molecule has 2 aromatic rings. The number of rotatable bonds is 2. The number of ether oxygens (including phenoxy) is 2. The Labute approximate surface area is 140 Å². The summed E-state index contributed by atoms with van der Waals surface area (Å²) in [6.07, 6.45) is -2.15. The molecule has 132 valence electrons. The highest BCUT2D eigenvalue weighted by atomic mass is 19.3. The molecular weight excluding hydrogens is 339 g/mol. The number of hydrogen-bond donors (Lipinski definition) is 0. The smallest absolute Gasteiger partial charge is 0.416 e. The van der Waals surface area contributed by atoms with Crippen LogP contribution in [0.15, 0.2) is 18.3 Å². The minimum absolute atomic E-state index is 0.0524. The van der Waals surface area contributed by atoms with Gasteiger partial charge in [-0.2, -0.15) is 0 Å². The summed E-state index contributed by atoms with van der Waals surface area (Å²) in [6.45, 7) is 1.76. The molecule has 1 unspecified atom stereocenters. The third-order valence-electron chi connectivity index (χ3n) is 4.32. The third kappa shape index (κ3) is 2.41. The molecule has 0 N–H and O–H groups in total. The first-order valence-corrected chi connectivity index (χ1v) is 7.71. The molecule has 9 heteroatoms. The normalized spacial score (nSPS) is 19.3. The topological polar surface area (TPSA) is 56.6 Å². The lowest BCUT2D eigenvalue weighted by Crippen LogP contribution is -2.38. The van der Waals surface area contributed by atoms with Crippen LogP contribution in [-0.2, 0) is 11.3 Å². The number of aryl methyl sites for hydroxylation is 1. The van der Waals surface area contributed by atoms with Crippen LogP contribution in [0.3, 0.4) is 0 Å². The molecule has 0 spiro atoms. The number of carbonyl (C=O) groups excluding carboxylic acids is 1. The standard InChI is InChI=1S/C16H14F3N3O3/c1-8-2-3-9-13(12(8)17)24-5-4-21-6-11(20-15(9)21)22-10(14(18)19)7-25-16(22)23/h2-3,6,10,14H,4-5,7H2,1H3. The largest absolute Gasteiger partial charge is 0.488 e. The molecule has 2 aliphatic rings. The number of amides is 1. The lowest BCUT2D eigenvalue weighted by atomic mass is 10.1. The molecule has 2 aliphatic heterocycles. The summed E-state index contributed by atoms with van der Waals surface area (Å²) in [7, 11) is 0. The molecule has 3 heterocycles. The van der Waals surface area contributed by atoms with Crippen LogP contribution in [0.25, 0.3) is 11.4 Å². The van der Waals surface area contributed by atoms with Crippen molar-refractivity contribution in [3.8, 4) is 17.1 Å². The van der Waals surface area contributed by atoms with E-state index in [2.05, 4.69) is 4.98 Å². The van der Waals surface area contributed by atoms with Gasteiger partial charge in [0.05, 0.1) is 12.1 Å². The van der Waals surface area contributed by atoms with Crippen LogP contribution in [-0.4, -0.2) is 41.3 Å². The molecular formula is C16H14F3N3O3. The number of alkyl halides is 2. The van der Waals surface area contributed by atoms with E-state index in [9.17, 15) is 18.0 Å². The van der Waals surface area contributed by atoms with Crippen LogP contribution in [0, 0.1) is 12.7 Å². The zero-order valence-corrected chi connectivity index (χ0v) is 13.2. The Hall–Kier alpha value is -2.71. The van der Waals surface area contributed by atoms with E-state index in [0.717, 1.165) is 4.90 Å². The summed E-state index contributed by atoms with van der Waals surface area (Å²) < 4.78 is 52.5. The van der Waals surface area contributed by atoms with Crippen molar-refractivity contribution in [3.05, 3.63) is 29.7 Å². The van der Waals surface area contributed by atoms with E-state index in [1.807, 2.05) is 0 Å². The summed E-state index contributed by atoms with van der Waals surface area (Å²) in [6, 6.07) is 1.86. The zero-order chi connectivity index (χ0) is 17.7. The first kappa shape index (κ1) is 15.8. The number of anilines is 1. The maximum atomic E-state index is 14.3. The van der Waals surface area contributed by atoms with Gasteiger partial charge in [-0.05, 0) is 18.6 Å². The molecule has 1 aromatic heterocycles. The van der Waals surface area contributed by atoms with E-state index in [0.29, 0.717) is 23.5 Å². The number of aromatic nitrogens is 2. The summed E-state index contributed by atoms with van der Waals surface area (Å²) >= 11 is 0. The fourth-order valence-corrected chi connectivity index (χ4v) is 3.01. The molecule has 0 saturated carbocycles. The van der Waals surface area contributed by atoms with Crippen molar-refractivity contribution in [2.75, 3.05) is 18.1 Å². The number of halogens is 3. The predicted molar refractivity (Wildman–Crippen MR) is 81.5 cm³/mol. The minimum Gasteiger partial charge on any atom is -0.488 e. The maximum Gasteiger partial charge on any atom is 0.416 e. The molecule has 1 aromatic carbocycles. The van der Waals surface area contributed by atoms with E-state index in [-0.39, 0.29) is 18.2 Å². The highest BCUT2D eigenvalue weighted by Gasteiger charge is 2.42. The molecule has 1 saturated heterocycles. The Kier molecular flexibility index (Phi) is 3.59. The van der Waals surface area contributed by atoms with E-state index in [4.69, 9.17) is 9.47 Å². The summed E-state index contributed by atoms with van der Waals surface area (Å²) in [5, 5.41) is 0. The number of hydrogen-bond acceptors (Lipinski definition) is 4. The van der Waals surface area contributed by atoms with Gasteiger partial charge >= 0.3 is 6.09 Å². The van der Waals surface area contributed by atoms with Gasteiger partial charge < -0.3 is 14.0 Å². The molecule has 0 aliphatic carbocycles. The number of cyclic esters (lactones) is 1. The maximum absolute atomic E-state index is 14.3. The number of imidazole rings is 1. The highest BCUT2D eigenvalue weighted by Crippen LogP contribution is 2.37. The molecule has 1 amide bonds. The molecule has 25 heavy (non-hydrogen) atoms. The lowest BCUT2D eigenvalue weighted by molar-refractivity contribution is 0.104. The fraction of sp³-hybridized carbons (Fsp3) is 0.375. The summed E-state index contributed by atoms with van der Waals surface area (Å²) in [5.41, 5.74) is 0.841. The predicted octanol–water partition coefficient (Wildman–Crippen LogP) is 2.98. The van der Waals surface area contributed by atoms with Crippen molar-refractivity contribution in [2.24, 2.45) is 0 Å². The quantitative estimate of drug-likeness (QED) is 0.833. The van der Waals surface area contributed by atoms with Gasteiger partial charge in [-0.3, -0.25) is 0 Å². The fourth-order valence-electron chi connectivity index (χ4n) is 3.01. The van der Waals surface area contributed by atoms with Crippen LogP contribution in [0.4, 0.5) is 23.8 Å². The van der Waals surface area contributed by atoms with E-state index >= 15 is 0 Å². The number of fused-ring (bicyclic) bond motifs is 3. The average molecular weight is 353 g/mol. The zero-order valence-electron chi connectivity index (χ0n) is 13.2. The van der Waals surface area contributed by atoms with Crippen molar-refractivity contribution in [1.82, 2.24) is 9.55 Å². The van der Waals surface area contributed by atoms with Gasteiger partial charge in [0.2, 0.25) is 0 Å². The number of benzene rings is 1. The van der Waals surface area contributed by atoms with E-state index in [1.54, 1.807) is 23.6 Å². The Morgan fingerprint density at radius 3 is 2.88 bits per heavy atom. The van der Waals surface area contributed by atoms with Gasteiger partial charge in [0, 0.05) is 6.20 Å². The molecule has 0 radical (unpaired) electrons. The SMILES string of the molecule is Cc1ccc2c(c1F)OCCn1cc(N3C(=O)OCC3C(F)F)nc1-2. The van der Waals surface area contributed by atoms with E-state index in [1.165, 1.54) is 6.20 Å². The number of carbonyl (C=O) groups is 1. The summed E-state index contributed by atoms with van der Waals surface area (Å²) in [4.78, 5) is 17.0. The third-order valence-corrected chi connectivity index (χ3v) is 4.32. The second-order valence-corrected chi connectivity index (χ2v) is 5.89. The van der Waals surface area contributed by atoms with Gasteiger partial charge in [-0.1, -0.05) is 6.07 Å². The van der Waals surface area contributed by atoms with E-state index < -0.39 is 31.0 Å². The van der Waals surface area contributed by atoms with Gasteiger partial charge in [0.15, 0.2) is 17.4 Å². The molecule has 1 fully saturated rings. The summed E-state index contributed by atoms with van der Waals surface area (Å²) in [5.74, 6) is -0.00223. The minimum atomic E-state index is -2.76. The van der Waals surface area contributed by atoms with Crippen molar-refractivity contribution in [3.63, 3.8) is 0 Å². The van der Waals surface area contributed by atoms with Crippen LogP contribution in [0.2, 0.25) is 0 Å². The van der Waals surface area contributed by atoms with Gasteiger partial charge in [0.25, 0.3) is 6.43 Å². The molecule has 6 nitrogen and oxygen atoms in total. The first-order chi connectivity index (χ1) is 12.0. The van der Waals surface area contributed by atoms with Crippen molar-refractivity contribution >= 4 is 11.9 Å². The Morgan fingerprint density at radius 1 is 1.32 bits per heavy atom. The van der Waals surface area contributed by atoms with Crippen molar-refractivity contribution < 1.29 is 27.4 Å². The van der Waals surface area contributed by atoms with Crippen LogP contribution in [0.1, 0.15) is 5.56 Å². The molecule has 1 atom stereocenters. The number of nitrogens with zero attached hydrogens (tertiary/aromatic N) is 3. The second-order valence-electron chi connectivity index (χ2n) is 5.89. The Morgan fingerprint density at radius 2 is 2.12 bits per heavy atom. The second kappa shape index (κ2) is 5.68. The van der Waals surface area contributed by atoms with Gasteiger partial charge in [-0.15, -0.1) is 0 Å². The first-order valence-electron chi connectivity index (χ1n) is 7.71. The molecule has 4 rings (SSSR count). The van der Waals surface area contributed by atoms with Gasteiger partial charge in [0.1, 0.15) is 25.1 Å². The highest BCUT2D eigenvalue weighted by molar-refractivity contribution is 5.89. The van der Waals surface area contributed by atoms with Crippen LogP contribution < -0.4 is 9.64 Å². The molecule has 0 bridgehead atoms. The average Bonchev–Trinajstić information content (AvgIpc) is 3.11. The van der Waals surface area contributed by atoms with Gasteiger partial charge in [-0.25, -0.2) is 27.8 Å². The Balaban J connectivity index is 1.82. The van der Waals surface area contributed by atoms with Crippen LogP contribution in [0.5, 0.6) is 5.75 Å². The lowest BCUT2D eigenvalue weighted by Gasteiger charge is -2.17. The van der Waals surface area contributed by atoms with Crippen molar-refractivity contribution in [2.45, 2.75) is 25.9 Å². The van der Waals surface area contributed by atoms with Crippen molar-refractivity contribution in [1.29, 1.82) is 0 Å². The monoisotopic (exact) mass is 353 g/mol. The Bertz CT molecular complexity index is 853. The van der Waals surface area contributed by atoms with Crippen LogP contribution >= 0.6 is 0 Å².